The number of aromatic nitrogens is 2. The SMILES string of the molecule is CCOc1ccccc1NS(=O)(=O)c1cc(-c2c(C)nn3c2NC(=O)CCC3=O)ccc1C. The third kappa shape index (κ3) is 4.34. The van der Waals surface area contributed by atoms with Gasteiger partial charge in [0.15, 0.2) is 0 Å². The van der Waals surface area contributed by atoms with Gasteiger partial charge in [-0.15, -0.1) is 0 Å². The molecule has 1 aliphatic heterocycles. The third-order valence-electron chi connectivity index (χ3n) is 5.32. The van der Waals surface area contributed by atoms with E-state index < -0.39 is 10.0 Å². The Bertz CT molecular complexity index is 1360. The molecule has 0 bridgehead atoms. The fourth-order valence-electron chi connectivity index (χ4n) is 3.77. The number of carbonyl (C=O) groups is 2. The molecule has 10 heteroatoms. The number of aryl methyl sites for hydroxylation is 2. The van der Waals surface area contributed by atoms with E-state index in [0.29, 0.717) is 40.4 Å². The number of anilines is 2. The molecule has 33 heavy (non-hydrogen) atoms. The molecule has 2 heterocycles. The number of sulfonamides is 1. The summed E-state index contributed by atoms with van der Waals surface area (Å²) in [5, 5.41) is 7.02. The standard InChI is InChI=1S/C23H24N4O5S/c1-4-32-18-8-6-5-7-17(18)26-33(30,31)19-13-16(10-9-14(19)2)22-15(3)25-27-21(29)12-11-20(28)24-23(22)27/h5-10,13,26H,4,11-12H2,1-3H3,(H,24,28). The van der Waals surface area contributed by atoms with Gasteiger partial charge < -0.3 is 10.1 Å². The maximum absolute atomic E-state index is 13.3. The molecule has 1 amide bonds. The Hall–Kier alpha value is -3.66. The van der Waals surface area contributed by atoms with Crippen molar-refractivity contribution >= 4 is 33.3 Å². The molecule has 0 atom stereocenters. The molecule has 9 nitrogen and oxygen atoms in total. The number of nitrogens with one attached hydrogen (secondary N) is 2. The van der Waals surface area contributed by atoms with Crippen LogP contribution in [0.15, 0.2) is 47.4 Å². The van der Waals surface area contributed by atoms with E-state index in [9.17, 15) is 18.0 Å². The van der Waals surface area contributed by atoms with Gasteiger partial charge in [-0.25, -0.2) is 8.42 Å². The lowest BCUT2D eigenvalue weighted by molar-refractivity contribution is -0.116. The lowest BCUT2D eigenvalue weighted by atomic mass is 10.0. The number of benzene rings is 2. The maximum Gasteiger partial charge on any atom is 0.262 e. The van der Waals surface area contributed by atoms with Crippen LogP contribution < -0.4 is 14.8 Å². The summed E-state index contributed by atoms with van der Waals surface area (Å²) < 4.78 is 36.0. The van der Waals surface area contributed by atoms with Crippen molar-refractivity contribution in [3.63, 3.8) is 0 Å². The van der Waals surface area contributed by atoms with Crippen LogP contribution in [0.4, 0.5) is 11.5 Å². The van der Waals surface area contributed by atoms with Gasteiger partial charge in [-0.2, -0.15) is 9.78 Å². The number of rotatable bonds is 6. The van der Waals surface area contributed by atoms with Crippen LogP contribution >= 0.6 is 0 Å². The summed E-state index contributed by atoms with van der Waals surface area (Å²) in [5.74, 6) is 0.0857. The molecule has 172 valence electrons. The minimum atomic E-state index is -3.97. The first-order chi connectivity index (χ1) is 15.7. The monoisotopic (exact) mass is 468 g/mol. The van der Waals surface area contributed by atoms with Crippen molar-refractivity contribution in [3.8, 4) is 16.9 Å². The van der Waals surface area contributed by atoms with Gasteiger partial charge >= 0.3 is 0 Å². The largest absolute Gasteiger partial charge is 0.492 e. The highest BCUT2D eigenvalue weighted by Gasteiger charge is 2.27. The molecule has 0 unspecified atom stereocenters. The topological polar surface area (TPSA) is 119 Å². The Balaban J connectivity index is 1.79. The Morgan fingerprint density at radius 3 is 2.64 bits per heavy atom. The van der Waals surface area contributed by atoms with Crippen molar-refractivity contribution < 1.29 is 22.7 Å². The number of fused-ring (bicyclic) bond motifs is 1. The second kappa shape index (κ2) is 8.70. The van der Waals surface area contributed by atoms with Gasteiger partial charge in [0.25, 0.3) is 10.0 Å². The normalized spacial score (nSPS) is 13.8. The highest BCUT2D eigenvalue weighted by molar-refractivity contribution is 7.92. The van der Waals surface area contributed by atoms with Crippen molar-refractivity contribution in [1.82, 2.24) is 9.78 Å². The molecule has 2 aromatic carbocycles. The first-order valence-corrected chi connectivity index (χ1v) is 12.0. The van der Waals surface area contributed by atoms with Crippen LogP contribution in [0.25, 0.3) is 11.1 Å². The predicted molar refractivity (Wildman–Crippen MR) is 124 cm³/mol. The van der Waals surface area contributed by atoms with Crippen LogP contribution in [0, 0.1) is 13.8 Å². The first-order valence-electron chi connectivity index (χ1n) is 10.5. The van der Waals surface area contributed by atoms with E-state index >= 15 is 0 Å². The molecule has 0 spiro atoms. The zero-order chi connectivity index (χ0) is 23.8. The maximum atomic E-state index is 13.3. The van der Waals surface area contributed by atoms with E-state index in [1.165, 1.54) is 10.7 Å². The average Bonchev–Trinajstić information content (AvgIpc) is 3.02. The predicted octanol–water partition coefficient (Wildman–Crippen LogP) is 3.74. The fraction of sp³-hybridized carbons (Fsp3) is 0.261. The fourth-order valence-corrected chi connectivity index (χ4v) is 5.11. The van der Waals surface area contributed by atoms with E-state index in [-0.39, 0.29) is 35.4 Å². The van der Waals surface area contributed by atoms with Gasteiger partial charge in [0.2, 0.25) is 11.8 Å². The van der Waals surface area contributed by atoms with Gasteiger partial charge in [-0.3, -0.25) is 14.3 Å². The number of amides is 1. The summed E-state index contributed by atoms with van der Waals surface area (Å²) in [6, 6.07) is 11.7. The zero-order valence-corrected chi connectivity index (χ0v) is 19.3. The smallest absolute Gasteiger partial charge is 0.262 e. The van der Waals surface area contributed by atoms with Crippen LogP contribution in [0.5, 0.6) is 5.75 Å². The average molecular weight is 469 g/mol. The quantitative estimate of drug-likeness (QED) is 0.569. The van der Waals surface area contributed by atoms with E-state index in [1.54, 1.807) is 50.2 Å². The molecule has 1 aliphatic rings. The van der Waals surface area contributed by atoms with Crippen LogP contribution in [0.2, 0.25) is 0 Å². The van der Waals surface area contributed by atoms with Crippen molar-refractivity contribution in [1.29, 1.82) is 0 Å². The number of hydrogen-bond donors (Lipinski definition) is 2. The van der Waals surface area contributed by atoms with Crippen LogP contribution in [-0.2, 0) is 14.8 Å². The molecule has 2 N–H and O–H groups in total. The van der Waals surface area contributed by atoms with E-state index in [0.717, 1.165) is 0 Å². The second-order valence-corrected chi connectivity index (χ2v) is 9.33. The lowest BCUT2D eigenvalue weighted by Crippen LogP contribution is -2.15. The Kier molecular flexibility index (Phi) is 5.94. The summed E-state index contributed by atoms with van der Waals surface area (Å²) in [4.78, 5) is 24.6. The molecule has 0 aliphatic carbocycles. The second-order valence-electron chi connectivity index (χ2n) is 7.68. The van der Waals surface area contributed by atoms with Crippen LogP contribution in [-0.4, -0.2) is 36.6 Å². The highest BCUT2D eigenvalue weighted by atomic mass is 32.2. The molecule has 4 rings (SSSR count). The molecule has 0 saturated heterocycles. The zero-order valence-electron chi connectivity index (χ0n) is 18.5. The molecule has 0 radical (unpaired) electrons. The number of carbonyl (C=O) groups excluding carboxylic acids is 2. The molecule has 3 aromatic rings. The summed E-state index contributed by atoms with van der Waals surface area (Å²) in [6.07, 6.45) is 0.119. The molecule has 1 aromatic heterocycles. The third-order valence-corrected chi connectivity index (χ3v) is 6.83. The van der Waals surface area contributed by atoms with Gasteiger partial charge in [-0.05, 0) is 50.1 Å². The van der Waals surface area contributed by atoms with Crippen molar-refractivity contribution in [2.45, 2.75) is 38.5 Å². The number of para-hydroxylation sites is 2. The molecule has 0 fully saturated rings. The summed E-state index contributed by atoms with van der Waals surface area (Å²) in [6.45, 7) is 5.62. The molecular formula is C23H24N4O5S. The summed E-state index contributed by atoms with van der Waals surface area (Å²) in [5.41, 5.74) is 2.40. The van der Waals surface area contributed by atoms with Crippen LogP contribution in [0.1, 0.15) is 35.8 Å². The first kappa shape index (κ1) is 22.5. The van der Waals surface area contributed by atoms with Gasteiger partial charge in [0, 0.05) is 18.4 Å². The Morgan fingerprint density at radius 1 is 1.12 bits per heavy atom. The summed E-state index contributed by atoms with van der Waals surface area (Å²) in [7, 11) is -3.97. The van der Waals surface area contributed by atoms with E-state index in [4.69, 9.17) is 4.74 Å². The number of hydrogen-bond acceptors (Lipinski definition) is 6. The van der Waals surface area contributed by atoms with Crippen molar-refractivity contribution in [2.24, 2.45) is 0 Å². The highest BCUT2D eigenvalue weighted by Crippen LogP contribution is 2.36. The lowest BCUT2D eigenvalue weighted by Gasteiger charge is -2.15. The Morgan fingerprint density at radius 2 is 1.88 bits per heavy atom. The Labute approximate surface area is 191 Å². The van der Waals surface area contributed by atoms with Crippen molar-refractivity contribution in [2.75, 3.05) is 16.6 Å². The molecular weight excluding hydrogens is 444 g/mol. The number of nitrogens with zero attached hydrogens (tertiary/aromatic N) is 2. The van der Waals surface area contributed by atoms with Gasteiger partial charge in [0.05, 0.1) is 22.9 Å². The van der Waals surface area contributed by atoms with Crippen LogP contribution in [0.3, 0.4) is 0 Å². The molecule has 0 saturated carbocycles. The van der Waals surface area contributed by atoms with Crippen molar-refractivity contribution in [3.05, 3.63) is 53.7 Å². The van der Waals surface area contributed by atoms with E-state index in [1.807, 2.05) is 6.92 Å². The summed E-state index contributed by atoms with van der Waals surface area (Å²) >= 11 is 0. The number of ether oxygens (including phenoxy) is 1. The van der Waals surface area contributed by atoms with E-state index in [2.05, 4.69) is 15.1 Å². The minimum Gasteiger partial charge on any atom is -0.492 e. The van der Waals surface area contributed by atoms with Gasteiger partial charge in [0.1, 0.15) is 11.6 Å². The minimum absolute atomic E-state index is 0.0517. The van der Waals surface area contributed by atoms with Gasteiger partial charge in [-0.1, -0.05) is 24.3 Å².